The van der Waals surface area contributed by atoms with Crippen LogP contribution < -0.4 is 34.9 Å². The molecule has 3 N–H and O–H groups in total. The molecule has 5 rings (SSSR count). The molecule has 1 aliphatic heterocycles. The molecule has 2 amide bonds. The van der Waals surface area contributed by atoms with Crippen LogP contribution in [0.3, 0.4) is 0 Å². The summed E-state index contributed by atoms with van der Waals surface area (Å²) in [6.45, 7) is 4.29. The van der Waals surface area contributed by atoms with Gasteiger partial charge in [0, 0.05) is 23.3 Å². The van der Waals surface area contributed by atoms with Gasteiger partial charge in [-0.15, -0.1) is 0 Å². The highest BCUT2D eigenvalue weighted by atomic mass is 19.1. The second kappa shape index (κ2) is 14.0. The van der Waals surface area contributed by atoms with Crippen molar-refractivity contribution in [3.05, 3.63) is 78.2 Å². The number of aromatic nitrogens is 1. The number of benzene rings is 3. The molecular weight excluding hydrogens is 567 g/mol. The number of halogens is 1. The fraction of sp³-hybridized carbons (Fsp3) is 0.303. The molecule has 4 aromatic rings. The lowest BCUT2D eigenvalue weighted by Gasteiger charge is -2.23. The maximum Gasteiger partial charge on any atom is 0.313 e. The zero-order valence-corrected chi connectivity index (χ0v) is 24.8. The van der Waals surface area contributed by atoms with Crippen molar-refractivity contribution in [3.8, 4) is 28.7 Å². The highest BCUT2D eigenvalue weighted by Gasteiger charge is 2.20. The number of piperidine rings is 1. The first-order valence-electron chi connectivity index (χ1n) is 14.4. The molecule has 44 heavy (non-hydrogen) atoms. The molecule has 3 aromatic carbocycles. The zero-order valence-electron chi connectivity index (χ0n) is 24.8. The Balaban J connectivity index is 1.25. The number of amides is 2. The third-order valence-electron chi connectivity index (χ3n) is 7.49. The van der Waals surface area contributed by atoms with Crippen LogP contribution in [0.15, 0.2) is 66.9 Å². The van der Waals surface area contributed by atoms with Crippen molar-refractivity contribution in [1.29, 1.82) is 0 Å². The van der Waals surface area contributed by atoms with Crippen LogP contribution in [-0.2, 0) is 9.59 Å². The van der Waals surface area contributed by atoms with E-state index in [1.54, 1.807) is 63.7 Å². The molecule has 1 fully saturated rings. The number of ether oxygens (including phenoxy) is 4. The van der Waals surface area contributed by atoms with E-state index < -0.39 is 23.7 Å². The first kappa shape index (κ1) is 30.6. The molecule has 1 aromatic heterocycles. The van der Waals surface area contributed by atoms with Crippen LogP contribution in [-0.4, -0.2) is 50.7 Å². The number of nitrogens with zero attached hydrogens (tertiary/aromatic N) is 1. The monoisotopic (exact) mass is 602 g/mol. The van der Waals surface area contributed by atoms with Crippen molar-refractivity contribution in [2.45, 2.75) is 25.8 Å². The van der Waals surface area contributed by atoms with Gasteiger partial charge in [0.15, 0.2) is 23.1 Å². The average molecular weight is 603 g/mol. The van der Waals surface area contributed by atoms with Crippen LogP contribution in [0.2, 0.25) is 0 Å². The number of hydrogen-bond donors (Lipinski definition) is 3. The van der Waals surface area contributed by atoms with Gasteiger partial charge < -0.3 is 34.9 Å². The van der Waals surface area contributed by atoms with Crippen molar-refractivity contribution >= 4 is 28.4 Å². The SMILES string of the molecule is COc1cccc(C(C)NC(=O)C(=O)Nc2ccc(Oc3ccnc4c(OC)c(OCC5CCNCC5)ccc34)c(F)c2)c1. The highest BCUT2D eigenvalue weighted by Crippen LogP contribution is 2.40. The molecule has 2 heterocycles. The molecule has 1 atom stereocenters. The summed E-state index contributed by atoms with van der Waals surface area (Å²) in [5.41, 5.74) is 1.38. The average Bonchev–Trinajstić information content (AvgIpc) is 3.05. The lowest BCUT2D eigenvalue weighted by Crippen LogP contribution is -2.36. The van der Waals surface area contributed by atoms with Gasteiger partial charge in [0.05, 0.1) is 26.9 Å². The van der Waals surface area contributed by atoms with Crippen LogP contribution in [0.5, 0.6) is 28.7 Å². The number of carbonyl (C=O) groups excluding carboxylic acids is 2. The van der Waals surface area contributed by atoms with Gasteiger partial charge >= 0.3 is 11.8 Å². The molecule has 0 saturated carbocycles. The summed E-state index contributed by atoms with van der Waals surface area (Å²) in [5, 5.41) is 9.01. The number of methoxy groups -OCH3 is 2. The van der Waals surface area contributed by atoms with E-state index in [2.05, 4.69) is 20.9 Å². The molecule has 1 saturated heterocycles. The Hall–Kier alpha value is -4.90. The van der Waals surface area contributed by atoms with E-state index in [0.717, 1.165) is 37.6 Å². The first-order valence-corrected chi connectivity index (χ1v) is 14.4. The zero-order chi connectivity index (χ0) is 31.1. The third-order valence-corrected chi connectivity index (χ3v) is 7.49. The second-order valence-electron chi connectivity index (χ2n) is 10.5. The Morgan fingerprint density at radius 2 is 1.77 bits per heavy atom. The molecule has 11 heteroatoms. The molecule has 10 nitrogen and oxygen atoms in total. The van der Waals surface area contributed by atoms with E-state index >= 15 is 4.39 Å². The maximum atomic E-state index is 15.1. The number of nitrogens with one attached hydrogen (secondary N) is 3. The van der Waals surface area contributed by atoms with Gasteiger partial charge in [-0.25, -0.2) is 4.39 Å². The van der Waals surface area contributed by atoms with E-state index in [-0.39, 0.29) is 11.4 Å². The van der Waals surface area contributed by atoms with Crippen molar-refractivity contribution in [3.63, 3.8) is 0 Å². The van der Waals surface area contributed by atoms with Crippen LogP contribution in [0, 0.1) is 11.7 Å². The summed E-state index contributed by atoms with van der Waals surface area (Å²) in [4.78, 5) is 29.5. The predicted octanol–water partition coefficient (Wildman–Crippen LogP) is 5.38. The number of fused-ring (bicyclic) bond motifs is 1. The Morgan fingerprint density at radius 1 is 0.977 bits per heavy atom. The van der Waals surface area contributed by atoms with Crippen LogP contribution in [0.4, 0.5) is 10.1 Å². The molecule has 0 aliphatic carbocycles. The Labute approximate surface area is 254 Å². The second-order valence-corrected chi connectivity index (χ2v) is 10.5. The van der Waals surface area contributed by atoms with Crippen molar-refractivity contribution in [2.24, 2.45) is 5.92 Å². The van der Waals surface area contributed by atoms with Gasteiger partial charge in [-0.05, 0) is 86.8 Å². The minimum atomic E-state index is -0.932. The summed E-state index contributed by atoms with van der Waals surface area (Å²) in [7, 11) is 3.10. The van der Waals surface area contributed by atoms with E-state index in [0.29, 0.717) is 46.4 Å². The van der Waals surface area contributed by atoms with Crippen LogP contribution in [0.1, 0.15) is 31.4 Å². The normalized spacial score (nSPS) is 14.0. The van der Waals surface area contributed by atoms with Gasteiger partial charge in [0.2, 0.25) is 0 Å². The van der Waals surface area contributed by atoms with Crippen molar-refractivity contribution in [1.82, 2.24) is 15.6 Å². The number of anilines is 1. The minimum absolute atomic E-state index is 0.0724. The van der Waals surface area contributed by atoms with E-state index in [4.69, 9.17) is 18.9 Å². The van der Waals surface area contributed by atoms with Crippen molar-refractivity contribution in [2.75, 3.05) is 39.2 Å². The molecule has 0 radical (unpaired) electrons. The van der Waals surface area contributed by atoms with Gasteiger partial charge in [-0.2, -0.15) is 0 Å². The molecule has 0 spiro atoms. The Bertz CT molecular complexity index is 1640. The largest absolute Gasteiger partial charge is 0.497 e. The smallest absolute Gasteiger partial charge is 0.313 e. The van der Waals surface area contributed by atoms with Crippen LogP contribution in [0.25, 0.3) is 10.9 Å². The number of carbonyl (C=O) groups is 2. The van der Waals surface area contributed by atoms with Gasteiger partial charge in [0.1, 0.15) is 17.0 Å². The van der Waals surface area contributed by atoms with Gasteiger partial charge in [-0.1, -0.05) is 12.1 Å². The van der Waals surface area contributed by atoms with Gasteiger partial charge in [-0.3, -0.25) is 14.6 Å². The summed E-state index contributed by atoms with van der Waals surface area (Å²) in [6.07, 6.45) is 3.65. The topological polar surface area (TPSA) is 120 Å². The Kier molecular flexibility index (Phi) is 9.75. The van der Waals surface area contributed by atoms with E-state index in [1.165, 1.54) is 12.1 Å². The molecule has 1 unspecified atom stereocenters. The first-order chi connectivity index (χ1) is 21.4. The summed E-state index contributed by atoms with van der Waals surface area (Å²) < 4.78 is 38.0. The molecule has 230 valence electrons. The van der Waals surface area contributed by atoms with Gasteiger partial charge in [0.25, 0.3) is 0 Å². The quantitative estimate of drug-likeness (QED) is 0.207. The standard InChI is InChI=1S/C33H35FN4O6/c1-20(22-5-4-6-24(17-22)41-2)37-32(39)33(40)38-23-7-9-28(26(34)18-23)44-27-13-16-36-30-25(27)8-10-29(31(30)42-3)43-19-21-11-14-35-15-12-21/h4-10,13,16-18,20-21,35H,11-12,14-15,19H2,1-3H3,(H,37,39)(H,38,40). The fourth-order valence-electron chi connectivity index (χ4n) is 5.03. The van der Waals surface area contributed by atoms with E-state index in [9.17, 15) is 9.59 Å². The number of rotatable bonds is 10. The van der Waals surface area contributed by atoms with Crippen LogP contribution >= 0.6 is 0 Å². The highest BCUT2D eigenvalue weighted by molar-refractivity contribution is 6.39. The molecule has 1 aliphatic rings. The lowest BCUT2D eigenvalue weighted by atomic mass is 9.99. The lowest BCUT2D eigenvalue weighted by molar-refractivity contribution is -0.136. The minimum Gasteiger partial charge on any atom is -0.497 e. The predicted molar refractivity (Wildman–Crippen MR) is 164 cm³/mol. The summed E-state index contributed by atoms with van der Waals surface area (Å²) >= 11 is 0. The maximum absolute atomic E-state index is 15.1. The summed E-state index contributed by atoms with van der Waals surface area (Å²) in [6, 6.07) is 15.8. The number of pyridine rings is 1. The summed E-state index contributed by atoms with van der Waals surface area (Å²) in [5.74, 6) is -0.0897. The number of hydrogen-bond acceptors (Lipinski definition) is 8. The fourth-order valence-corrected chi connectivity index (χ4v) is 5.03. The Morgan fingerprint density at radius 3 is 2.52 bits per heavy atom. The third kappa shape index (κ3) is 7.17. The van der Waals surface area contributed by atoms with Crippen molar-refractivity contribution < 1.29 is 32.9 Å². The van der Waals surface area contributed by atoms with E-state index in [1.807, 2.05) is 6.07 Å². The molecular formula is C33H35FN4O6. The molecule has 0 bridgehead atoms.